The zero-order valence-corrected chi connectivity index (χ0v) is 11.3. The van der Waals surface area contributed by atoms with E-state index in [1.165, 1.54) is 0 Å². The summed E-state index contributed by atoms with van der Waals surface area (Å²) in [6.07, 6.45) is 0. The molecule has 0 spiro atoms. The number of halogens is 1. The minimum Gasteiger partial charge on any atom is -0.409 e. The molecule has 1 rings (SSSR count). The fourth-order valence-corrected chi connectivity index (χ4v) is 1.78. The maximum Gasteiger partial charge on any atom is 0.172 e. The topological polar surface area (TPSA) is 82.1 Å². The van der Waals surface area contributed by atoms with Crippen LogP contribution in [0, 0.1) is 0 Å². The highest BCUT2D eigenvalue weighted by atomic mass is 79.9. The molecule has 0 saturated carbocycles. The molecule has 1 unspecified atom stereocenters. The van der Waals surface area contributed by atoms with Gasteiger partial charge in [-0.2, -0.15) is 0 Å². The Bertz CT molecular complexity index is 423. The van der Waals surface area contributed by atoms with Gasteiger partial charge < -0.3 is 20.9 Å². The lowest BCUT2D eigenvalue weighted by molar-refractivity contribution is 0.270. The number of likely N-dealkylation sites (N-methyl/N-ethyl adjacent to an activating group) is 1. The Labute approximate surface area is 109 Å². The summed E-state index contributed by atoms with van der Waals surface area (Å²) < 4.78 is 0.888. The van der Waals surface area contributed by atoms with Gasteiger partial charge in [0.05, 0.1) is 6.61 Å². The fourth-order valence-electron chi connectivity index (χ4n) is 1.43. The molecule has 0 aliphatic rings. The molecule has 0 radical (unpaired) electrons. The third kappa shape index (κ3) is 3.10. The van der Waals surface area contributed by atoms with E-state index < -0.39 is 0 Å². The van der Waals surface area contributed by atoms with Crippen molar-refractivity contribution in [3.8, 4) is 0 Å². The number of nitrogens with zero attached hydrogens (tertiary/aromatic N) is 2. The number of aliphatic hydroxyl groups excluding tert-OH is 1. The van der Waals surface area contributed by atoms with Crippen molar-refractivity contribution in [2.75, 3.05) is 18.6 Å². The second kappa shape index (κ2) is 5.88. The van der Waals surface area contributed by atoms with Crippen LogP contribution in [-0.4, -0.2) is 35.8 Å². The van der Waals surface area contributed by atoms with Gasteiger partial charge in [-0.3, -0.25) is 0 Å². The van der Waals surface area contributed by atoms with Crippen molar-refractivity contribution in [2.45, 2.75) is 13.0 Å². The lowest BCUT2D eigenvalue weighted by Crippen LogP contribution is -2.33. The number of hydrogen-bond donors (Lipinski definition) is 3. The van der Waals surface area contributed by atoms with Crippen molar-refractivity contribution in [3.63, 3.8) is 0 Å². The molecular weight excluding hydrogens is 286 g/mol. The van der Waals surface area contributed by atoms with Gasteiger partial charge >= 0.3 is 0 Å². The Morgan fingerprint density at radius 3 is 2.76 bits per heavy atom. The summed E-state index contributed by atoms with van der Waals surface area (Å²) in [5.41, 5.74) is 7.03. The molecule has 0 fully saturated rings. The number of aliphatic hydroxyl groups is 1. The van der Waals surface area contributed by atoms with Crippen LogP contribution in [0.25, 0.3) is 0 Å². The van der Waals surface area contributed by atoms with Gasteiger partial charge in [-0.15, -0.1) is 0 Å². The molecular formula is C11H16BrN3O2. The van der Waals surface area contributed by atoms with Gasteiger partial charge in [-0.05, 0) is 25.1 Å². The van der Waals surface area contributed by atoms with Gasteiger partial charge in [0.15, 0.2) is 5.84 Å². The molecule has 4 N–H and O–H groups in total. The summed E-state index contributed by atoms with van der Waals surface area (Å²) in [5, 5.41) is 20.9. The number of benzene rings is 1. The van der Waals surface area contributed by atoms with E-state index in [4.69, 9.17) is 16.0 Å². The number of oxime groups is 1. The fraction of sp³-hybridized carbons (Fsp3) is 0.364. The molecule has 0 aliphatic carbocycles. The molecule has 0 aromatic heterocycles. The Morgan fingerprint density at radius 1 is 1.59 bits per heavy atom. The zero-order valence-electron chi connectivity index (χ0n) is 9.76. The third-order valence-corrected chi connectivity index (χ3v) is 3.14. The van der Waals surface area contributed by atoms with Gasteiger partial charge in [0.2, 0.25) is 0 Å². The molecule has 94 valence electrons. The van der Waals surface area contributed by atoms with Crippen LogP contribution in [0.2, 0.25) is 0 Å². The highest BCUT2D eigenvalue weighted by Crippen LogP contribution is 2.25. The number of anilines is 1. The van der Waals surface area contributed by atoms with E-state index >= 15 is 0 Å². The van der Waals surface area contributed by atoms with Crippen molar-refractivity contribution in [3.05, 3.63) is 28.2 Å². The highest BCUT2D eigenvalue weighted by molar-refractivity contribution is 9.10. The summed E-state index contributed by atoms with van der Waals surface area (Å²) in [5.74, 6) is 0.0458. The summed E-state index contributed by atoms with van der Waals surface area (Å²) in [7, 11) is 1.84. The molecule has 0 amide bonds. The monoisotopic (exact) mass is 301 g/mol. The zero-order chi connectivity index (χ0) is 13.0. The molecule has 1 atom stereocenters. The summed E-state index contributed by atoms with van der Waals surface area (Å²) in [6.45, 7) is 1.91. The van der Waals surface area contributed by atoms with E-state index in [0.717, 1.165) is 10.2 Å². The Hall–Kier alpha value is -1.27. The maximum absolute atomic E-state index is 9.16. The van der Waals surface area contributed by atoms with Crippen LogP contribution in [0.5, 0.6) is 0 Å². The predicted octanol–water partition coefficient (Wildman–Crippen LogP) is 1.36. The first kappa shape index (κ1) is 13.8. The second-order valence-corrected chi connectivity index (χ2v) is 4.70. The van der Waals surface area contributed by atoms with Crippen molar-refractivity contribution in [2.24, 2.45) is 10.9 Å². The van der Waals surface area contributed by atoms with Crippen molar-refractivity contribution < 1.29 is 10.3 Å². The minimum absolute atomic E-state index is 0.0264. The van der Waals surface area contributed by atoms with Crippen LogP contribution in [0.3, 0.4) is 0 Å². The summed E-state index contributed by atoms with van der Waals surface area (Å²) >= 11 is 3.37. The van der Waals surface area contributed by atoms with Gasteiger partial charge in [0, 0.05) is 28.8 Å². The first-order valence-electron chi connectivity index (χ1n) is 5.12. The lowest BCUT2D eigenvalue weighted by atomic mass is 10.1. The van der Waals surface area contributed by atoms with Gasteiger partial charge in [-0.1, -0.05) is 21.1 Å². The SMILES string of the molecule is CC(CO)N(C)c1cc(Br)ccc1/C(N)=N/O. The van der Waals surface area contributed by atoms with Gasteiger partial charge in [0.25, 0.3) is 0 Å². The van der Waals surface area contributed by atoms with Gasteiger partial charge in [-0.25, -0.2) is 0 Å². The molecule has 0 saturated heterocycles. The van der Waals surface area contributed by atoms with Crippen LogP contribution in [-0.2, 0) is 0 Å². The number of amidine groups is 1. The quantitative estimate of drug-likeness (QED) is 0.339. The second-order valence-electron chi connectivity index (χ2n) is 3.79. The van der Waals surface area contributed by atoms with E-state index in [1.54, 1.807) is 6.07 Å². The molecule has 5 nitrogen and oxygen atoms in total. The molecule has 17 heavy (non-hydrogen) atoms. The summed E-state index contributed by atoms with van der Waals surface area (Å²) in [6, 6.07) is 5.37. The number of rotatable bonds is 4. The molecule has 1 aromatic carbocycles. The standard InChI is InChI=1S/C11H16BrN3O2/c1-7(6-16)15(2)10-5-8(12)3-4-9(10)11(13)14-17/h3-5,7,16-17H,6H2,1-2H3,(H2,13,14). The minimum atomic E-state index is -0.0606. The molecule has 0 heterocycles. The first-order valence-corrected chi connectivity index (χ1v) is 5.91. The van der Waals surface area contributed by atoms with Gasteiger partial charge in [0.1, 0.15) is 0 Å². The van der Waals surface area contributed by atoms with Crippen LogP contribution in [0.1, 0.15) is 12.5 Å². The highest BCUT2D eigenvalue weighted by Gasteiger charge is 2.15. The Morgan fingerprint density at radius 2 is 2.24 bits per heavy atom. The van der Waals surface area contributed by atoms with Crippen molar-refractivity contribution in [1.29, 1.82) is 0 Å². The van der Waals surface area contributed by atoms with Crippen LogP contribution >= 0.6 is 15.9 Å². The predicted molar refractivity (Wildman–Crippen MR) is 71.6 cm³/mol. The molecule has 1 aromatic rings. The summed E-state index contributed by atoms with van der Waals surface area (Å²) in [4.78, 5) is 1.87. The molecule has 0 aliphatic heterocycles. The maximum atomic E-state index is 9.16. The number of nitrogens with two attached hydrogens (primary N) is 1. The smallest absolute Gasteiger partial charge is 0.172 e. The average Bonchev–Trinajstić information content (AvgIpc) is 2.35. The third-order valence-electron chi connectivity index (χ3n) is 2.65. The molecule has 6 heteroatoms. The van der Waals surface area contributed by atoms with E-state index in [2.05, 4.69) is 21.1 Å². The van der Waals surface area contributed by atoms with E-state index in [1.807, 2.05) is 31.0 Å². The first-order chi connectivity index (χ1) is 8.01. The molecule has 0 bridgehead atoms. The van der Waals surface area contributed by atoms with Crippen LogP contribution in [0.4, 0.5) is 5.69 Å². The van der Waals surface area contributed by atoms with Crippen molar-refractivity contribution in [1.82, 2.24) is 0 Å². The average molecular weight is 302 g/mol. The van der Waals surface area contributed by atoms with E-state index in [0.29, 0.717) is 5.56 Å². The Kier molecular flexibility index (Phi) is 4.77. The largest absolute Gasteiger partial charge is 0.409 e. The van der Waals surface area contributed by atoms with Crippen LogP contribution < -0.4 is 10.6 Å². The van der Waals surface area contributed by atoms with Crippen molar-refractivity contribution >= 4 is 27.5 Å². The normalized spacial score (nSPS) is 13.5. The Balaban J connectivity index is 3.24. The van der Waals surface area contributed by atoms with E-state index in [9.17, 15) is 0 Å². The number of hydrogen-bond acceptors (Lipinski definition) is 4. The lowest BCUT2D eigenvalue weighted by Gasteiger charge is -2.27. The van der Waals surface area contributed by atoms with E-state index in [-0.39, 0.29) is 18.5 Å². The van der Waals surface area contributed by atoms with Crippen LogP contribution in [0.15, 0.2) is 27.8 Å².